The van der Waals surface area contributed by atoms with Gasteiger partial charge in [0.1, 0.15) is 6.10 Å². The highest BCUT2D eigenvalue weighted by Crippen LogP contribution is 2.37. The maximum absolute atomic E-state index is 12.8. The van der Waals surface area contributed by atoms with E-state index >= 15 is 0 Å². The van der Waals surface area contributed by atoms with E-state index in [0.29, 0.717) is 12.3 Å². The standard InChI is InChI=1S/C25H30F2N2O3Si/c1-5-31-21(20-16-28-24(29-20)22(30)23(26)27)17-32-33(25(2,3)4,18-12-8-6-9-13-18)19-14-10-7-11-15-19/h6-16,21,23H,5,17H2,1-4H3,(H,28,29). The highest BCUT2D eigenvalue weighted by molar-refractivity contribution is 6.99. The molecule has 1 atom stereocenters. The van der Waals surface area contributed by atoms with Crippen LogP contribution in [0, 0.1) is 0 Å². The molecule has 0 fully saturated rings. The van der Waals surface area contributed by atoms with Crippen LogP contribution in [0.2, 0.25) is 5.04 Å². The third-order valence-corrected chi connectivity index (χ3v) is 10.6. The molecule has 8 heteroatoms. The van der Waals surface area contributed by atoms with Gasteiger partial charge in [0.05, 0.1) is 18.5 Å². The average Bonchev–Trinajstić information content (AvgIpc) is 3.28. The van der Waals surface area contributed by atoms with Crippen LogP contribution in [0.5, 0.6) is 0 Å². The summed E-state index contributed by atoms with van der Waals surface area (Å²) >= 11 is 0. The molecule has 1 heterocycles. The molecule has 0 bridgehead atoms. The van der Waals surface area contributed by atoms with Gasteiger partial charge < -0.3 is 14.1 Å². The molecule has 5 nitrogen and oxygen atoms in total. The lowest BCUT2D eigenvalue weighted by atomic mass is 10.2. The number of nitrogens with one attached hydrogen (secondary N) is 1. The van der Waals surface area contributed by atoms with Crippen LogP contribution in [0.25, 0.3) is 0 Å². The number of carbonyl (C=O) groups excluding carboxylic acids is 1. The first-order valence-corrected chi connectivity index (χ1v) is 12.9. The molecule has 0 saturated carbocycles. The maximum atomic E-state index is 12.8. The number of hydrogen-bond acceptors (Lipinski definition) is 4. The first-order chi connectivity index (χ1) is 15.7. The van der Waals surface area contributed by atoms with Crippen molar-refractivity contribution in [1.29, 1.82) is 0 Å². The van der Waals surface area contributed by atoms with E-state index in [1.165, 1.54) is 6.20 Å². The van der Waals surface area contributed by atoms with Crippen LogP contribution in [-0.2, 0) is 9.16 Å². The molecule has 0 radical (unpaired) electrons. The minimum Gasteiger partial charge on any atom is -0.404 e. The summed E-state index contributed by atoms with van der Waals surface area (Å²) in [7, 11) is -2.81. The zero-order valence-electron chi connectivity index (χ0n) is 19.3. The lowest BCUT2D eigenvalue weighted by Crippen LogP contribution is -2.66. The molecule has 3 aromatic rings. The number of aromatic nitrogens is 2. The molecule has 2 aromatic carbocycles. The van der Waals surface area contributed by atoms with Crippen molar-refractivity contribution in [2.45, 2.75) is 45.3 Å². The first kappa shape index (κ1) is 24.9. The normalized spacial score (nSPS) is 13.3. The van der Waals surface area contributed by atoms with Crippen molar-refractivity contribution >= 4 is 24.5 Å². The second kappa shape index (κ2) is 10.5. The number of carbonyl (C=O) groups is 1. The number of imidazole rings is 1. The van der Waals surface area contributed by atoms with Crippen molar-refractivity contribution in [2.24, 2.45) is 0 Å². The number of nitrogens with zero attached hydrogens (tertiary/aromatic N) is 1. The van der Waals surface area contributed by atoms with Crippen molar-refractivity contribution < 1.29 is 22.7 Å². The number of hydrogen-bond donors (Lipinski definition) is 1. The molecular formula is C25H30F2N2O3Si. The highest BCUT2D eigenvalue weighted by Gasteiger charge is 2.50. The van der Waals surface area contributed by atoms with Gasteiger partial charge in [-0.1, -0.05) is 81.4 Å². The van der Waals surface area contributed by atoms with Gasteiger partial charge in [-0.15, -0.1) is 0 Å². The molecule has 1 aromatic heterocycles. The van der Waals surface area contributed by atoms with E-state index in [0.717, 1.165) is 10.4 Å². The molecule has 1 N–H and O–H groups in total. The Kier molecular flexibility index (Phi) is 7.94. The van der Waals surface area contributed by atoms with Gasteiger partial charge in [0.2, 0.25) is 0 Å². The summed E-state index contributed by atoms with van der Waals surface area (Å²) in [6.07, 6.45) is -2.35. The van der Waals surface area contributed by atoms with Crippen LogP contribution in [0.15, 0.2) is 66.9 Å². The summed E-state index contributed by atoms with van der Waals surface area (Å²) in [6.45, 7) is 8.91. The van der Waals surface area contributed by atoms with Gasteiger partial charge in [-0.25, -0.2) is 13.8 Å². The van der Waals surface area contributed by atoms with E-state index < -0.39 is 26.6 Å². The molecular weight excluding hydrogens is 442 g/mol. The summed E-state index contributed by atoms with van der Waals surface area (Å²) in [5, 5.41) is 2.02. The summed E-state index contributed by atoms with van der Waals surface area (Å²) in [6, 6.07) is 20.4. The van der Waals surface area contributed by atoms with Gasteiger partial charge in [-0.05, 0) is 22.3 Å². The highest BCUT2D eigenvalue weighted by atomic mass is 28.4. The van der Waals surface area contributed by atoms with Crippen molar-refractivity contribution in [3.8, 4) is 0 Å². The largest absolute Gasteiger partial charge is 0.404 e. The van der Waals surface area contributed by atoms with Crippen LogP contribution >= 0.6 is 0 Å². The number of ether oxygens (including phenoxy) is 1. The van der Waals surface area contributed by atoms with E-state index in [1.807, 2.05) is 43.3 Å². The summed E-state index contributed by atoms with van der Waals surface area (Å²) < 4.78 is 38.4. The summed E-state index contributed by atoms with van der Waals surface area (Å²) in [5.41, 5.74) is 0.429. The van der Waals surface area contributed by atoms with Crippen molar-refractivity contribution in [3.05, 3.63) is 78.4 Å². The number of ketones is 1. The molecule has 0 amide bonds. The van der Waals surface area contributed by atoms with E-state index in [9.17, 15) is 13.6 Å². The van der Waals surface area contributed by atoms with Crippen LogP contribution in [0.3, 0.4) is 0 Å². The Morgan fingerprint density at radius 3 is 2.03 bits per heavy atom. The van der Waals surface area contributed by atoms with Crippen LogP contribution in [0.4, 0.5) is 8.78 Å². The monoisotopic (exact) mass is 472 g/mol. The number of halogens is 2. The van der Waals surface area contributed by atoms with Gasteiger partial charge in [0.15, 0.2) is 5.82 Å². The predicted molar refractivity (Wildman–Crippen MR) is 127 cm³/mol. The van der Waals surface area contributed by atoms with Crippen LogP contribution in [0.1, 0.15) is 50.1 Å². The van der Waals surface area contributed by atoms with Gasteiger partial charge in [-0.3, -0.25) is 4.79 Å². The fourth-order valence-corrected chi connectivity index (χ4v) is 8.68. The SMILES string of the molecule is CCOC(CO[Si](c1ccccc1)(c1ccccc1)C(C)(C)C)c1cnc(C(=O)C(F)F)[nH]1. The summed E-state index contributed by atoms with van der Waals surface area (Å²) in [5.74, 6) is -1.72. The molecule has 0 spiro atoms. The lowest BCUT2D eigenvalue weighted by Gasteiger charge is -2.43. The first-order valence-electron chi connectivity index (χ1n) is 10.9. The van der Waals surface area contributed by atoms with Crippen molar-refractivity contribution in [3.63, 3.8) is 0 Å². The molecule has 3 rings (SSSR count). The zero-order valence-corrected chi connectivity index (χ0v) is 20.3. The Morgan fingerprint density at radius 1 is 1.03 bits per heavy atom. The topological polar surface area (TPSA) is 64.2 Å². The molecule has 0 saturated heterocycles. The molecule has 0 aliphatic rings. The second-order valence-electron chi connectivity index (χ2n) is 8.77. The van der Waals surface area contributed by atoms with E-state index in [4.69, 9.17) is 9.16 Å². The van der Waals surface area contributed by atoms with Crippen molar-refractivity contribution in [1.82, 2.24) is 9.97 Å². The number of Topliss-reactive ketones (excluding diaryl/α,β-unsaturated/α-hetero) is 1. The van der Waals surface area contributed by atoms with Gasteiger partial charge >= 0.3 is 6.43 Å². The molecule has 0 aliphatic carbocycles. The Hall–Kier alpha value is -2.68. The van der Waals surface area contributed by atoms with Crippen LogP contribution < -0.4 is 10.4 Å². The quantitative estimate of drug-likeness (QED) is 0.348. The fourth-order valence-electron chi connectivity index (χ4n) is 4.12. The summed E-state index contributed by atoms with van der Waals surface area (Å²) in [4.78, 5) is 18.2. The Balaban J connectivity index is 2.01. The zero-order chi connectivity index (χ0) is 24.1. The maximum Gasteiger partial charge on any atom is 0.303 e. The molecule has 33 heavy (non-hydrogen) atoms. The molecule has 1 unspecified atom stereocenters. The molecule has 0 aliphatic heterocycles. The minimum atomic E-state index is -3.12. The van der Waals surface area contributed by atoms with E-state index in [-0.39, 0.29) is 17.5 Å². The molecule has 176 valence electrons. The van der Waals surface area contributed by atoms with Gasteiger partial charge in [0, 0.05) is 6.61 Å². The average molecular weight is 473 g/mol. The Labute approximate surface area is 194 Å². The van der Waals surface area contributed by atoms with Crippen molar-refractivity contribution in [2.75, 3.05) is 13.2 Å². The van der Waals surface area contributed by atoms with Gasteiger partial charge in [-0.2, -0.15) is 0 Å². The predicted octanol–water partition coefficient (Wildman–Crippen LogP) is 4.51. The lowest BCUT2D eigenvalue weighted by molar-refractivity contribution is 0.0212. The minimum absolute atomic E-state index is 0.172. The third-order valence-electron chi connectivity index (χ3n) is 5.61. The third kappa shape index (κ3) is 5.29. The number of rotatable bonds is 10. The van der Waals surface area contributed by atoms with E-state index in [1.54, 1.807) is 0 Å². The van der Waals surface area contributed by atoms with E-state index in [2.05, 4.69) is 55.0 Å². The van der Waals surface area contributed by atoms with Gasteiger partial charge in [0.25, 0.3) is 14.1 Å². The number of H-pyrrole nitrogens is 1. The second-order valence-corrected chi connectivity index (χ2v) is 13.1. The number of alkyl halides is 2. The Morgan fingerprint density at radius 2 is 1.58 bits per heavy atom. The number of aromatic amines is 1. The smallest absolute Gasteiger partial charge is 0.303 e. The van der Waals surface area contributed by atoms with Crippen LogP contribution in [-0.4, -0.2) is 43.7 Å². The number of benzene rings is 2. The fraction of sp³-hybridized carbons (Fsp3) is 0.360. The Bertz CT molecular complexity index is 997.